The zero-order valence-electron chi connectivity index (χ0n) is 7.23. The monoisotopic (exact) mass is 155 g/mol. The lowest BCUT2D eigenvalue weighted by molar-refractivity contribution is 0.00566. The number of ether oxygens (including phenoxy) is 1. The lowest BCUT2D eigenvalue weighted by Crippen LogP contribution is -2.56. The van der Waals surface area contributed by atoms with Crippen LogP contribution in [0.2, 0.25) is 0 Å². The molecular formula is C9H17NO. The maximum atomic E-state index is 5.56. The number of rotatable bonds is 0. The molecule has 0 amide bonds. The van der Waals surface area contributed by atoms with Gasteiger partial charge in [-0.2, -0.15) is 0 Å². The van der Waals surface area contributed by atoms with Crippen molar-refractivity contribution < 1.29 is 4.74 Å². The Hall–Kier alpha value is -0.0800. The fourth-order valence-corrected chi connectivity index (χ4v) is 2.38. The molecule has 0 aromatic rings. The highest BCUT2D eigenvalue weighted by Gasteiger charge is 2.37. The Labute approximate surface area is 68.3 Å². The van der Waals surface area contributed by atoms with Crippen LogP contribution in [0.1, 0.15) is 32.6 Å². The summed E-state index contributed by atoms with van der Waals surface area (Å²) in [7, 11) is 0. The quantitative estimate of drug-likeness (QED) is 0.569. The standard InChI is InChI=1S/C9H17NO/c1-8-6-11-7-9(10-8)4-2-3-5-9/h8,10H,2-7H2,1H3/t8-/m1/s1. The third-order valence-corrected chi connectivity index (χ3v) is 2.86. The SMILES string of the molecule is C[C@@H]1COCC2(CCCC2)N1. The van der Waals surface area contributed by atoms with Crippen molar-refractivity contribution in [1.82, 2.24) is 5.32 Å². The number of hydrogen-bond donors (Lipinski definition) is 1. The Bertz CT molecular complexity index is 140. The van der Waals surface area contributed by atoms with Crippen LogP contribution in [0.25, 0.3) is 0 Å². The molecule has 1 spiro atoms. The average Bonchev–Trinajstić information content (AvgIpc) is 2.37. The predicted molar refractivity (Wildman–Crippen MR) is 44.6 cm³/mol. The van der Waals surface area contributed by atoms with Crippen LogP contribution in [0.4, 0.5) is 0 Å². The fourth-order valence-electron chi connectivity index (χ4n) is 2.38. The molecule has 0 unspecified atom stereocenters. The van der Waals surface area contributed by atoms with Crippen molar-refractivity contribution in [2.75, 3.05) is 13.2 Å². The van der Waals surface area contributed by atoms with Gasteiger partial charge in [0.2, 0.25) is 0 Å². The molecule has 1 N–H and O–H groups in total. The molecule has 0 bridgehead atoms. The Morgan fingerprint density at radius 1 is 1.36 bits per heavy atom. The van der Waals surface area contributed by atoms with E-state index in [4.69, 9.17) is 4.74 Å². The summed E-state index contributed by atoms with van der Waals surface area (Å²) >= 11 is 0. The summed E-state index contributed by atoms with van der Waals surface area (Å²) < 4.78 is 5.56. The maximum Gasteiger partial charge on any atom is 0.0649 e. The second kappa shape index (κ2) is 2.76. The van der Waals surface area contributed by atoms with Gasteiger partial charge in [0.05, 0.1) is 13.2 Å². The van der Waals surface area contributed by atoms with Crippen molar-refractivity contribution in [1.29, 1.82) is 0 Å². The molecular weight excluding hydrogens is 138 g/mol. The van der Waals surface area contributed by atoms with Gasteiger partial charge in [-0.15, -0.1) is 0 Å². The summed E-state index contributed by atoms with van der Waals surface area (Å²) in [5, 5.41) is 3.67. The van der Waals surface area contributed by atoms with E-state index < -0.39 is 0 Å². The first-order valence-electron chi connectivity index (χ1n) is 4.66. The van der Waals surface area contributed by atoms with Crippen LogP contribution in [-0.4, -0.2) is 24.8 Å². The number of nitrogens with one attached hydrogen (secondary N) is 1. The van der Waals surface area contributed by atoms with Crippen LogP contribution >= 0.6 is 0 Å². The Kier molecular flexibility index (Phi) is 1.90. The average molecular weight is 155 g/mol. The van der Waals surface area contributed by atoms with Gasteiger partial charge in [-0.05, 0) is 19.8 Å². The van der Waals surface area contributed by atoms with Crippen molar-refractivity contribution in [3.05, 3.63) is 0 Å². The van der Waals surface area contributed by atoms with Gasteiger partial charge in [-0.25, -0.2) is 0 Å². The van der Waals surface area contributed by atoms with E-state index in [9.17, 15) is 0 Å². The third kappa shape index (κ3) is 1.42. The minimum atomic E-state index is 0.373. The van der Waals surface area contributed by atoms with Crippen molar-refractivity contribution in [3.63, 3.8) is 0 Å². The summed E-state index contributed by atoms with van der Waals surface area (Å²) in [4.78, 5) is 0. The highest BCUT2D eigenvalue weighted by atomic mass is 16.5. The molecule has 0 aromatic heterocycles. The van der Waals surface area contributed by atoms with E-state index in [1.807, 2.05) is 0 Å². The van der Waals surface area contributed by atoms with E-state index in [2.05, 4.69) is 12.2 Å². The van der Waals surface area contributed by atoms with Gasteiger partial charge < -0.3 is 10.1 Å². The van der Waals surface area contributed by atoms with Gasteiger partial charge in [0.1, 0.15) is 0 Å². The summed E-state index contributed by atoms with van der Waals surface area (Å²) in [5.41, 5.74) is 0.373. The minimum absolute atomic E-state index is 0.373. The third-order valence-electron chi connectivity index (χ3n) is 2.86. The summed E-state index contributed by atoms with van der Waals surface area (Å²) in [6, 6.07) is 0.557. The molecule has 2 aliphatic rings. The second-order valence-electron chi connectivity index (χ2n) is 4.05. The zero-order chi connectivity index (χ0) is 7.73. The highest BCUT2D eigenvalue weighted by molar-refractivity contribution is 4.96. The molecule has 1 saturated carbocycles. The Morgan fingerprint density at radius 3 is 2.73 bits per heavy atom. The van der Waals surface area contributed by atoms with Crippen molar-refractivity contribution >= 4 is 0 Å². The molecule has 1 heterocycles. The van der Waals surface area contributed by atoms with E-state index in [-0.39, 0.29) is 0 Å². The van der Waals surface area contributed by atoms with Gasteiger partial charge >= 0.3 is 0 Å². The minimum Gasteiger partial charge on any atom is -0.378 e. The molecule has 2 rings (SSSR count). The largest absolute Gasteiger partial charge is 0.378 e. The van der Waals surface area contributed by atoms with E-state index in [1.54, 1.807) is 0 Å². The molecule has 1 atom stereocenters. The lowest BCUT2D eigenvalue weighted by Gasteiger charge is -2.38. The molecule has 2 fully saturated rings. The van der Waals surface area contributed by atoms with E-state index in [0.29, 0.717) is 11.6 Å². The molecule has 0 radical (unpaired) electrons. The molecule has 2 heteroatoms. The van der Waals surface area contributed by atoms with Crippen LogP contribution in [0.15, 0.2) is 0 Å². The normalized spacial score (nSPS) is 36.3. The van der Waals surface area contributed by atoms with Gasteiger partial charge in [0.15, 0.2) is 0 Å². The topological polar surface area (TPSA) is 21.3 Å². The number of hydrogen-bond acceptors (Lipinski definition) is 2. The van der Waals surface area contributed by atoms with Crippen molar-refractivity contribution in [2.45, 2.75) is 44.2 Å². The summed E-state index contributed by atoms with van der Waals surface area (Å²) in [6.45, 7) is 4.04. The van der Waals surface area contributed by atoms with Crippen LogP contribution in [0.3, 0.4) is 0 Å². The lowest BCUT2D eigenvalue weighted by atomic mass is 9.96. The highest BCUT2D eigenvalue weighted by Crippen LogP contribution is 2.31. The Balaban J connectivity index is 2.00. The van der Waals surface area contributed by atoms with Crippen LogP contribution in [0, 0.1) is 0 Å². The molecule has 2 nitrogen and oxygen atoms in total. The first kappa shape index (κ1) is 7.56. The summed E-state index contributed by atoms with van der Waals surface area (Å²) in [5.74, 6) is 0. The maximum absolute atomic E-state index is 5.56. The van der Waals surface area contributed by atoms with Crippen molar-refractivity contribution in [3.8, 4) is 0 Å². The first-order chi connectivity index (χ1) is 5.31. The van der Waals surface area contributed by atoms with Crippen LogP contribution < -0.4 is 5.32 Å². The predicted octanol–water partition coefficient (Wildman–Crippen LogP) is 1.31. The van der Waals surface area contributed by atoms with Crippen LogP contribution in [-0.2, 0) is 4.74 Å². The molecule has 0 aromatic carbocycles. The van der Waals surface area contributed by atoms with Gasteiger partial charge in [-0.1, -0.05) is 12.8 Å². The molecule has 1 aliphatic carbocycles. The van der Waals surface area contributed by atoms with E-state index in [0.717, 1.165) is 13.2 Å². The van der Waals surface area contributed by atoms with E-state index >= 15 is 0 Å². The van der Waals surface area contributed by atoms with Gasteiger partial charge in [-0.3, -0.25) is 0 Å². The van der Waals surface area contributed by atoms with E-state index in [1.165, 1.54) is 25.7 Å². The first-order valence-corrected chi connectivity index (χ1v) is 4.66. The smallest absolute Gasteiger partial charge is 0.0649 e. The van der Waals surface area contributed by atoms with Crippen molar-refractivity contribution in [2.24, 2.45) is 0 Å². The molecule has 1 saturated heterocycles. The second-order valence-corrected chi connectivity index (χ2v) is 4.05. The van der Waals surface area contributed by atoms with Crippen LogP contribution in [0.5, 0.6) is 0 Å². The number of morpholine rings is 1. The fraction of sp³-hybridized carbons (Fsp3) is 1.00. The Morgan fingerprint density at radius 2 is 2.09 bits per heavy atom. The zero-order valence-corrected chi connectivity index (χ0v) is 7.23. The molecule has 11 heavy (non-hydrogen) atoms. The summed E-state index contributed by atoms with van der Waals surface area (Å²) in [6.07, 6.45) is 5.39. The van der Waals surface area contributed by atoms with Gasteiger partial charge in [0, 0.05) is 11.6 Å². The van der Waals surface area contributed by atoms with Gasteiger partial charge in [0.25, 0.3) is 0 Å². The molecule has 1 aliphatic heterocycles. The molecule has 64 valence electrons.